The molecule has 0 aromatic heterocycles. The molecule has 1 aromatic carbocycles. The van der Waals surface area contributed by atoms with E-state index in [1.54, 1.807) is 4.90 Å². The van der Waals surface area contributed by atoms with Gasteiger partial charge in [-0.05, 0) is 30.2 Å². The van der Waals surface area contributed by atoms with Crippen molar-refractivity contribution >= 4 is 11.9 Å². The number of rotatable bonds is 2. The minimum atomic E-state index is -1.02. The van der Waals surface area contributed by atoms with E-state index in [9.17, 15) is 9.59 Å². The highest BCUT2D eigenvalue weighted by Crippen LogP contribution is 2.21. The molecule has 21 heavy (non-hydrogen) atoms. The number of ether oxygens (including phenoxy) is 1. The van der Waals surface area contributed by atoms with Crippen LogP contribution in [0.15, 0.2) is 18.2 Å². The highest BCUT2D eigenvalue weighted by molar-refractivity contribution is 5.96. The summed E-state index contributed by atoms with van der Waals surface area (Å²) in [5.41, 5.74) is 2.93. The van der Waals surface area contributed by atoms with E-state index in [0.717, 1.165) is 30.6 Å². The van der Waals surface area contributed by atoms with E-state index in [1.807, 2.05) is 18.2 Å². The van der Waals surface area contributed by atoms with Gasteiger partial charge in [-0.2, -0.15) is 0 Å². The zero-order chi connectivity index (χ0) is 14.8. The fourth-order valence-corrected chi connectivity index (χ4v) is 2.89. The van der Waals surface area contributed by atoms with Crippen LogP contribution in [-0.2, 0) is 22.5 Å². The fraction of sp³-hybridized carbons (Fsp3) is 0.467. The molecular weight excluding hydrogens is 272 g/mol. The van der Waals surface area contributed by atoms with Crippen molar-refractivity contribution in [3.63, 3.8) is 0 Å². The predicted molar refractivity (Wildman–Crippen MR) is 75.1 cm³/mol. The van der Waals surface area contributed by atoms with Crippen LogP contribution in [0.4, 0.5) is 0 Å². The summed E-state index contributed by atoms with van der Waals surface area (Å²) in [7, 11) is 0. The second-order valence-electron chi connectivity index (χ2n) is 5.32. The van der Waals surface area contributed by atoms with Gasteiger partial charge in [0.2, 0.25) is 0 Å². The van der Waals surface area contributed by atoms with Crippen molar-refractivity contribution < 1.29 is 19.4 Å². The van der Waals surface area contributed by atoms with Gasteiger partial charge in [-0.25, -0.2) is 4.79 Å². The van der Waals surface area contributed by atoms with Crippen molar-refractivity contribution in [1.29, 1.82) is 0 Å². The summed E-state index contributed by atoms with van der Waals surface area (Å²) in [6, 6.07) is 5.74. The maximum Gasteiger partial charge on any atom is 0.334 e. The predicted octanol–water partition coefficient (Wildman–Crippen LogP) is 0.258. The maximum atomic E-state index is 12.7. The summed E-state index contributed by atoms with van der Waals surface area (Å²) in [5.74, 6) is -1.12. The van der Waals surface area contributed by atoms with Crippen LogP contribution < -0.4 is 5.32 Å². The Morgan fingerprint density at radius 3 is 3.05 bits per heavy atom. The molecule has 2 heterocycles. The average molecular weight is 290 g/mol. The van der Waals surface area contributed by atoms with Crippen LogP contribution in [0.3, 0.4) is 0 Å². The Hall–Kier alpha value is -1.92. The van der Waals surface area contributed by atoms with Crippen LogP contribution in [-0.4, -0.2) is 54.2 Å². The van der Waals surface area contributed by atoms with E-state index in [4.69, 9.17) is 9.84 Å². The van der Waals surface area contributed by atoms with Crippen LogP contribution in [0.2, 0.25) is 0 Å². The Bertz CT molecular complexity index is 573. The van der Waals surface area contributed by atoms with Gasteiger partial charge in [-0.3, -0.25) is 4.79 Å². The standard InChI is InChI=1S/C15H18N2O4/c18-14(17-6-7-21-13(9-17)15(19)20)12-3-1-2-10-8-16-5-4-11(10)12/h1-3,13,16H,4-9H2,(H,19,20). The van der Waals surface area contributed by atoms with Gasteiger partial charge in [0.25, 0.3) is 5.91 Å². The number of fused-ring (bicyclic) bond motifs is 1. The molecule has 112 valence electrons. The number of benzene rings is 1. The van der Waals surface area contributed by atoms with Gasteiger partial charge in [0.1, 0.15) is 0 Å². The zero-order valence-corrected chi connectivity index (χ0v) is 11.7. The number of carboxylic acids is 1. The molecule has 2 aliphatic rings. The monoisotopic (exact) mass is 290 g/mol. The van der Waals surface area contributed by atoms with Gasteiger partial charge in [0, 0.05) is 18.7 Å². The summed E-state index contributed by atoms with van der Waals surface area (Å²) < 4.78 is 5.16. The Kier molecular flexibility index (Phi) is 3.90. The number of hydrogen-bond acceptors (Lipinski definition) is 4. The Morgan fingerprint density at radius 1 is 1.38 bits per heavy atom. The molecule has 6 nitrogen and oxygen atoms in total. The molecule has 3 rings (SSSR count). The van der Waals surface area contributed by atoms with E-state index < -0.39 is 12.1 Å². The lowest BCUT2D eigenvalue weighted by Crippen LogP contribution is -2.48. The van der Waals surface area contributed by atoms with E-state index >= 15 is 0 Å². The molecule has 0 spiro atoms. The van der Waals surface area contributed by atoms with Gasteiger partial charge in [0.15, 0.2) is 6.10 Å². The van der Waals surface area contributed by atoms with Crippen LogP contribution in [0.5, 0.6) is 0 Å². The summed E-state index contributed by atoms with van der Waals surface area (Å²) in [6.45, 7) is 2.44. The molecule has 0 saturated carbocycles. The summed E-state index contributed by atoms with van der Waals surface area (Å²) in [6.07, 6.45) is -0.104. The molecule has 1 fully saturated rings. The molecule has 6 heteroatoms. The topological polar surface area (TPSA) is 78.9 Å². The minimum absolute atomic E-state index is 0.0942. The molecule has 0 aliphatic carbocycles. The van der Waals surface area contributed by atoms with Crippen LogP contribution >= 0.6 is 0 Å². The lowest BCUT2D eigenvalue weighted by atomic mass is 9.94. The van der Waals surface area contributed by atoms with Crippen molar-refractivity contribution in [3.05, 3.63) is 34.9 Å². The second kappa shape index (κ2) is 5.83. The van der Waals surface area contributed by atoms with Gasteiger partial charge in [-0.15, -0.1) is 0 Å². The number of morpholine rings is 1. The SMILES string of the molecule is O=C(O)C1CN(C(=O)c2cccc3c2CCNC3)CCO1. The molecule has 1 amide bonds. The number of amides is 1. The Balaban J connectivity index is 1.83. The summed E-state index contributed by atoms with van der Waals surface area (Å²) >= 11 is 0. The molecule has 2 aliphatic heterocycles. The third-order valence-corrected chi connectivity index (χ3v) is 4.00. The van der Waals surface area contributed by atoms with E-state index in [2.05, 4.69) is 5.32 Å². The average Bonchev–Trinajstić information content (AvgIpc) is 2.53. The normalized spacial score (nSPS) is 21.7. The van der Waals surface area contributed by atoms with Crippen molar-refractivity contribution in [1.82, 2.24) is 10.2 Å². The number of hydrogen-bond donors (Lipinski definition) is 2. The first-order valence-corrected chi connectivity index (χ1v) is 7.12. The van der Waals surface area contributed by atoms with Crippen LogP contribution in [0.1, 0.15) is 21.5 Å². The van der Waals surface area contributed by atoms with Gasteiger partial charge in [0.05, 0.1) is 13.2 Å². The molecule has 1 unspecified atom stereocenters. The first kappa shape index (κ1) is 14.0. The first-order chi connectivity index (χ1) is 10.2. The van der Waals surface area contributed by atoms with Crippen molar-refractivity contribution in [2.24, 2.45) is 0 Å². The van der Waals surface area contributed by atoms with Crippen molar-refractivity contribution in [2.45, 2.75) is 19.1 Å². The zero-order valence-electron chi connectivity index (χ0n) is 11.7. The number of aliphatic carboxylic acids is 1. The highest BCUT2D eigenvalue weighted by atomic mass is 16.5. The number of nitrogens with one attached hydrogen (secondary N) is 1. The van der Waals surface area contributed by atoms with E-state index in [-0.39, 0.29) is 19.1 Å². The van der Waals surface area contributed by atoms with E-state index in [0.29, 0.717) is 12.1 Å². The first-order valence-electron chi connectivity index (χ1n) is 7.12. The molecule has 1 atom stereocenters. The number of nitrogens with zero attached hydrogens (tertiary/aromatic N) is 1. The molecule has 1 aromatic rings. The lowest BCUT2D eigenvalue weighted by molar-refractivity contribution is -0.154. The lowest BCUT2D eigenvalue weighted by Gasteiger charge is -2.32. The highest BCUT2D eigenvalue weighted by Gasteiger charge is 2.30. The maximum absolute atomic E-state index is 12.7. The largest absolute Gasteiger partial charge is 0.479 e. The van der Waals surface area contributed by atoms with Gasteiger partial charge in [-0.1, -0.05) is 12.1 Å². The summed E-state index contributed by atoms with van der Waals surface area (Å²) in [4.78, 5) is 25.3. The van der Waals surface area contributed by atoms with Crippen LogP contribution in [0, 0.1) is 0 Å². The number of carboxylic acid groups (broad SMARTS) is 1. The molecule has 0 bridgehead atoms. The van der Waals surface area contributed by atoms with Crippen molar-refractivity contribution in [3.8, 4) is 0 Å². The Labute approximate surface area is 122 Å². The molecule has 2 N–H and O–H groups in total. The fourth-order valence-electron chi connectivity index (χ4n) is 2.89. The third kappa shape index (κ3) is 2.77. The third-order valence-electron chi connectivity index (χ3n) is 4.00. The van der Waals surface area contributed by atoms with Crippen LogP contribution in [0.25, 0.3) is 0 Å². The quantitative estimate of drug-likeness (QED) is 0.817. The molecule has 0 radical (unpaired) electrons. The summed E-state index contributed by atoms with van der Waals surface area (Å²) in [5, 5.41) is 12.3. The smallest absolute Gasteiger partial charge is 0.334 e. The number of carbonyl (C=O) groups excluding carboxylic acids is 1. The number of carbonyl (C=O) groups is 2. The van der Waals surface area contributed by atoms with Gasteiger partial charge < -0.3 is 20.1 Å². The van der Waals surface area contributed by atoms with E-state index in [1.165, 1.54) is 0 Å². The molecular formula is C15H18N2O4. The second-order valence-corrected chi connectivity index (χ2v) is 5.32. The van der Waals surface area contributed by atoms with Crippen molar-refractivity contribution in [2.75, 3.05) is 26.2 Å². The molecule has 1 saturated heterocycles. The Morgan fingerprint density at radius 2 is 2.24 bits per heavy atom. The minimum Gasteiger partial charge on any atom is -0.479 e. The van der Waals surface area contributed by atoms with Gasteiger partial charge >= 0.3 is 5.97 Å².